The molecule has 1 atom stereocenters. The number of likely N-dealkylation sites (N-methyl/N-ethyl adjacent to an activating group) is 1. The summed E-state index contributed by atoms with van der Waals surface area (Å²) >= 11 is 0. The second kappa shape index (κ2) is 8.13. The maximum atomic E-state index is 12.7. The van der Waals surface area contributed by atoms with Crippen LogP contribution in [0.15, 0.2) is 48.6 Å². The lowest BCUT2D eigenvalue weighted by Gasteiger charge is -2.36. The number of hydrogen-bond donors (Lipinski definition) is 0. The number of aryl methyl sites for hydroxylation is 1. The lowest BCUT2D eigenvalue weighted by molar-refractivity contribution is -0.135. The van der Waals surface area contributed by atoms with Gasteiger partial charge in [0.2, 0.25) is 5.91 Å². The monoisotopic (exact) mass is 376 g/mol. The van der Waals surface area contributed by atoms with Crippen LogP contribution in [0.3, 0.4) is 0 Å². The third-order valence-corrected chi connectivity index (χ3v) is 5.93. The molecule has 0 aliphatic carbocycles. The van der Waals surface area contributed by atoms with Gasteiger partial charge in [-0.2, -0.15) is 0 Å². The molecule has 1 aromatic carbocycles. The molecule has 146 valence electrons. The molecule has 5 nitrogen and oxygen atoms in total. The van der Waals surface area contributed by atoms with E-state index in [0.717, 1.165) is 61.8 Å². The molecule has 2 aromatic rings. The van der Waals surface area contributed by atoms with Gasteiger partial charge in [0.25, 0.3) is 0 Å². The highest BCUT2D eigenvalue weighted by Crippen LogP contribution is 2.32. The highest BCUT2D eigenvalue weighted by Gasteiger charge is 2.33. The fourth-order valence-electron chi connectivity index (χ4n) is 4.30. The minimum atomic E-state index is 0.123. The topological polar surface area (TPSA) is 49.3 Å². The zero-order valence-corrected chi connectivity index (χ0v) is 16.7. The average Bonchev–Trinajstić information content (AvgIpc) is 2.89. The van der Waals surface area contributed by atoms with E-state index in [0.29, 0.717) is 11.8 Å². The van der Waals surface area contributed by atoms with Gasteiger partial charge < -0.3 is 9.80 Å². The fourth-order valence-corrected chi connectivity index (χ4v) is 4.30. The van der Waals surface area contributed by atoms with Gasteiger partial charge in [-0.3, -0.25) is 4.79 Å². The van der Waals surface area contributed by atoms with E-state index in [4.69, 9.17) is 4.98 Å². The number of rotatable bonds is 3. The van der Waals surface area contributed by atoms with Crippen LogP contribution in [0.1, 0.15) is 25.0 Å². The van der Waals surface area contributed by atoms with Crippen molar-refractivity contribution in [3.8, 4) is 11.4 Å². The van der Waals surface area contributed by atoms with Gasteiger partial charge in [0.15, 0.2) is 5.82 Å². The minimum absolute atomic E-state index is 0.123. The van der Waals surface area contributed by atoms with Gasteiger partial charge >= 0.3 is 0 Å². The zero-order valence-electron chi connectivity index (χ0n) is 16.7. The number of amides is 1. The Morgan fingerprint density at radius 1 is 1.04 bits per heavy atom. The smallest absolute Gasteiger partial charge is 0.226 e. The molecule has 0 N–H and O–H groups in total. The van der Waals surface area contributed by atoms with Gasteiger partial charge in [-0.15, -0.1) is 0 Å². The summed E-state index contributed by atoms with van der Waals surface area (Å²) in [5.74, 6) is 2.65. The van der Waals surface area contributed by atoms with Gasteiger partial charge in [-0.05, 0) is 32.1 Å². The normalized spacial score (nSPS) is 21.1. The van der Waals surface area contributed by atoms with Gasteiger partial charge in [-0.25, -0.2) is 9.97 Å². The third-order valence-electron chi connectivity index (χ3n) is 5.93. The molecule has 0 radical (unpaired) electrons. The molecule has 1 unspecified atom stereocenters. The Balaban J connectivity index is 1.47. The highest BCUT2D eigenvalue weighted by atomic mass is 16.2. The number of carbonyl (C=O) groups excluding carboxylic acids is 1. The lowest BCUT2D eigenvalue weighted by atomic mass is 9.81. The molecule has 1 fully saturated rings. The van der Waals surface area contributed by atoms with E-state index in [2.05, 4.69) is 28.1 Å². The van der Waals surface area contributed by atoms with E-state index < -0.39 is 0 Å². The molecule has 5 heteroatoms. The van der Waals surface area contributed by atoms with Gasteiger partial charge in [0.05, 0.1) is 0 Å². The fraction of sp³-hybridized carbons (Fsp3) is 0.435. The van der Waals surface area contributed by atoms with Gasteiger partial charge in [-0.1, -0.05) is 42.5 Å². The first-order valence-electron chi connectivity index (χ1n) is 10.2. The van der Waals surface area contributed by atoms with Crippen molar-refractivity contribution in [2.75, 3.05) is 31.6 Å². The lowest BCUT2D eigenvalue weighted by Crippen LogP contribution is -2.41. The van der Waals surface area contributed by atoms with Crippen LogP contribution in [-0.2, 0) is 4.79 Å². The van der Waals surface area contributed by atoms with Crippen molar-refractivity contribution in [3.63, 3.8) is 0 Å². The van der Waals surface area contributed by atoms with Crippen LogP contribution in [0, 0.1) is 18.8 Å². The first-order chi connectivity index (χ1) is 13.6. The molecule has 1 aromatic heterocycles. The highest BCUT2D eigenvalue weighted by molar-refractivity contribution is 5.79. The summed E-state index contributed by atoms with van der Waals surface area (Å²) < 4.78 is 0. The number of aromatic nitrogens is 2. The number of anilines is 1. The molecule has 0 bridgehead atoms. The van der Waals surface area contributed by atoms with Crippen LogP contribution >= 0.6 is 0 Å². The SMILES string of the molecule is Cc1cc(N2CCC(C3CC=CCN(C)C3=O)CC2)nc(-c2ccccc2)n1. The second-order valence-electron chi connectivity index (χ2n) is 7.91. The molecular weight excluding hydrogens is 348 g/mol. The Labute approximate surface area is 167 Å². The number of carbonyl (C=O) groups is 1. The standard InChI is InChI=1S/C23H28N4O/c1-17-16-21(25-22(24-17)19-8-4-3-5-9-19)27-14-11-18(12-15-27)20-10-6-7-13-26(2)23(20)28/h3-9,16,18,20H,10-15H2,1-2H3. The summed E-state index contributed by atoms with van der Waals surface area (Å²) in [5, 5.41) is 0. The predicted molar refractivity (Wildman–Crippen MR) is 112 cm³/mol. The number of benzene rings is 1. The van der Waals surface area contributed by atoms with Crippen molar-refractivity contribution in [1.29, 1.82) is 0 Å². The number of piperidine rings is 1. The summed E-state index contributed by atoms with van der Waals surface area (Å²) in [5.41, 5.74) is 2.03. The summed E-state index contributed by atoms with van der Waals surface area (Å²) in [7, 11) is 1.91. The summed E-state index contributed by atoms with van der Waals surface area (Å²) in [6.07, 6.45) is 7.22. The summed E-state index contributed by atoms with van der Waals surface area (Å²) in [6, 6.07) is 12.2. The first-order valence-corrected chi connectivity index (χ1v) is 10.2. The average molecular weight is 377 g/mol. The van der Waals surface area contributed by atoms with Crippen LogP contribution in [0.5, 0.6) is 0 Å². The van der Waals surface area contributed by atoms with Crippen molar-refractivity contribution in [2.45, 2.75) is 26.2 Å². The minimum Gasteiger partial charge on any atom is -0.356 e. The Bertz CT molecular complexity index is 856. The molecule has 1 saturated heterocycles. The maximum absolute atomic E-state index is 12.7. The molecule has 2 aliphatic rings. The third kappa shape index (κ3) is 3.93. The first kappa shape index (κ1) is 18.7. The van der Waals surface area contributed by atoms with Crippen LogP contribution in [0.25, 0.3) is 11.4 Å². The van der Waals surface area contributed by atoms with Crippen LogP contribution in [0.4, 0.5) is 5.82 Å². The predicted octanol–water partition coefficient (Wildman–Crippen LogP) is 3.70. The van der Waals surface area contributed by atoms with Crippen molar-refractivity contribution < 1.29 is 4.79 Å². The molecular formula is C23H28N4O. The Kier molecular flexibility index (Phi) is 5.42. The quantitative estimate of drug-likeness (QED) is 0.767. The molecule has 28 heavy (non-hydrogen) atoms. The van der Waals surface area contributed by atoms with E-state index >= 15 is 0 Å². The van der Waals surface area contributed by atoms with E-state index in [1.807, 2.05) is 49.2 Å². The van der Waals surface area contributed by atoms with Crippen molar-refractivity contribution >= 4 is 11.7 Å². The second-order valence-corrected chi connectivity index (χ2v) is 7.91. The number of nitrogens with zero attached hydrogens (tertiary/aromatic N) is 4. The number of hydrogen-bond acceptors (Lipinski definition) is 4. The molecule has 3 heterocycles. The Morgan fingerprint density at radius 2 is 1.79 bits per heavy atom. The Morgan fingerprint density at radius 3 is 2.54 bits per heavy atom. The van der Waals surface area contributed by atoms with Crippen molar-refractivity contribution in [1.82, 2.24) is 14.9 Å². The van der Waals surface area contributed by atoms with Crippen molar-refractivity contribution in [2.24, 2.45) is 11.8 Å². The van der Waals surface area contributed by atoms with E-state index in [-0.39, 0.29) is 5.92 Å². The number of allylic oxidation sites excluding steroid dienone is 1. The van der Waals surface area contributed by atoms with Gasteiger partial charge in [0, 0.05) is 49.9 Å². The molecule has 2 aliphatic heterocycles. The van der Waals surface area contributed by atoms with E-state index in [9.17, 15) is 4.79 Å². The summed E-state index contributed by atoms with van der Waals surface area (Å²) in [4.78, 5) is 26.4. The van der Waals surface area contributed by atoms with Crippen LogP contribution < -0.4 is 4.90 Å². The van der Waals surface area contributed by atoms with E-state index in [1.54, 1.807) is 0 Å². The zero-order chi connectivity index (χ0) is 19.5. The molecule has 0 spiro atoms. The largest absolute Gasteiger partial charge is 0.356 e. The maximum Gasteiger partial charge on any atom is 0.226 e. The molecule has 0 saturated carbocycles. The molecule has 4 rings (SSSR count). The van der Waals surface area contributed by atoms with Gasteiger partial charge in [0.1, 0.15) is 5.82 Å². The van der Waals surface area contributed by atoms with Crippen LogP contribution in [0.2, 0.25) is 0 Å². The van der Waals surface area contributed by atoms with Crippen LogP contribution in [-0.4, -0.2) is 47.5 Å². The van der Waals surface area contributed by atoms with Crippen molar-refractivity contribution in [3.05, 3.63) is 54.2 Å². The molecule has 1 amide bonds. The Hall–Kier alpha value is -2.69. The summed E-state index contributed by atoms with van der Waals surface area (Å²) in [6.45, 7) is 4.63. The van der Waals surface area contributed by atoms with E-state index in [1.165, 1.54) is 0 Å².